The SMILES string of the molecule is CCN(CC)Cc1cccn1-c1cccc(Cl)c1Cl. The van der Waals surface area contributed by atoms with Crippen LogP contribution < -0.4 is 0 Å². The molecule has 0 aliphatic heterocycles. The van der Waals surface area contributed by atoms with Gasteiger partial charge < -0.3 is 4.57 Å². The first-order valence-corrected chi connectivity index (χ1v) is 7.26. The zero-order valence-corrected chi connectivity index (χ0v) is 12.7. The lowest BCUT2D eigenvalue weighted by atomic mass is 10.3. The van der Waals surface area contributed by atoms with E-state index in [0.717, 1.165) is 25.3 Å². The maximum atomic E-state index is 6.29. The van der Waals surface area contributed by atoms with E-state index in [1.165, 1.54) is 5.69 Å². The molecule has 0 aliphatic rings. The summed E-state index contributed by atoms with van der Waals surface area (Å²) in [6.45, 7) is 7.31. The standard InChI is InChI=1S/C15H18Cl2N2/c1-3-18(4-2)11-12-7-6-10-19(12)14-9-5-8-13(16)15(14)17/h5-10H,3-4,11H2,1-2H3. The Kier molecular flexibility index (Phi) is 4.92. The van der Waals surface area contributed by atoms with E-state index in [1.54, 1.807) is 6.07 Å². The highest BCUT2D eigenvalue weighted by Crippen LogP contribution is 2.29. The molecule has 0 unspecified atom stereocenters. The van der Waals surface area contributed by atoms with Crippen molar-refractivity contribution in [1.29, 1.82) is 0 Å². The number of benzene rings is 1. The Hall–Kier alpha value is -0.960. The molecule has 1 aromatic carbocycles. The Labute approximate surface area is 124 Å². The molecule has 0 fully saturated rings. The van der Waals surface area contributed by atoms with Crippen molar-refractivity contribution >= 4 is 23.2 Å². The van der Waals surface area contributed by atoms with Gasteiger partial charge in [-0.05, 0) is 37.4 Å². The summed E-state index contributed by atoms with van der Waals surface area (Å²) in [5.41, 5.74) is 2.15. The topological polar surface area (TPSA) is 8.17 Å². The van der Waals surface area contributed by atoms with E-state index in [2.05, 4.69) is 29.4 Å². The third-order valence-corrected chi connectivity index (χ3v) is 4.11. The van der Waals surface area contributed by atoms with Gasteiger partial charge in [0.25, 0.3) is 0 Å². The van der Waals surface area contributed by atoms with Crippen LogP contribution in [0.2, 0.25) is 10.0 Å². The highest BCUT2D eigenvalue weighted by Gasteiger charge is 2.11. The lowest BCUT2D eigenvalue weighted by molar-refractivity contribution is 0.290. The summed E-state index contributed by atoms with van der Waals surface area (Å²) in [6, 6.07) is 9.87. The predicted octanol–water partition coefficient (Wildman–Crippen LogP) is 4.63. The number of nitrogens with zero attached hydrogens (tertiary/aromatic N) is 2. The minimum absolute atomic E-state index is 0.585. The normalized spacial score (nSPS) is 11.2. The molecular formula is C15H18Cl2N2. The Balaban J connectivity index is 2.36. The van der Waals surface area contributed by atoms with Gasteiger partial charge >= 0.3 is 0 Å². The molecule has 0 radical (unpaired) electrons. The maximum absolute atomic E-state index is 6.29. The number of hydrogen-bond acceptors (Lipinski definition) is 1. The number of rotatable bonds is 5. The van der Waals surface area contributed by atoms with Crippen LogP contribution in [0, 0.1) is 0 Å². The van der Waals surface area contributed by atoms with Gasteiger partial charge in [0.05, 0.1) is 15.7 Å². The van der Waals surface area contributed by atoms with Gasteiger partial charge in [-0.3, -0.25) is 4.90 Å². The van der Waals surface area contributed by atoms with Crippen LogP contribution in [0.4, 0.5) is 0 Å². The molecule has 0 N–H and O–H groups in total. The first-order valence-electron chi connectivity index (χ1n) is 6.50. The van der Waals surface area contributed by atoms with Gasteiger partial charge in [0, 0.05) is 18.4 Å². The van der Waals surface area contributed by atoms with Gasteiger partial charge in [-0.15, -0.1) is 0 Å². The molecule has 4 heteroatoms. The average Bonchev–Trinajstić information content (AvgIpc) is 2.87. The van der Waals surface area contributed by atoms with Crippen LogP contribution in [-0.4, -0.2) is 22.6 Å². The fraction of sp³-hybridized carbons (Fsp3) is 0.333. The predicted molar refractivity (Wildman–Crippen MR) is 82.4 cm³/mol. The molecule has 1 heterocycles. The van der Waals surface area contributed by atoms with Crippen LogP contribution in [-0.2, 0) is 6.54 Å². The Morgan fingerprint density at radius 3 is 2.47 bits per heavy atom. The largest absolute Gasteiger partial charge is 0.318 e. The van der Waals surface area contributed by atoms with E-state index in [4.69, 9.17) is 23.2 Å². The van der Waals surface area contributed by atoms with Crippen molar-refractivity contribution < 1.29 is 0 Å². The molecule has 0 atom stereocenters. The Morgan fingerprint density at radius 2 is 1.79 bits per heavy atom. The van der Waals surface area contributed by atoms with Crippen LogP contribution in [0.3, 0.4) is 0 Å². The van der Waals surface area contributed by atoms with Crippen LogP contribution in [0.25, 0.3) is 5.69 Å². The zero-order valence-electron chi connectivity index (χ0n) is 11.2. The third kappa shape index (κ3) is 3.14. The van der Waals surface area contributed by atoms with Crippen molar-refractivity contribution in [2.45, 2.75) is 20.4 Å². The molecule has 0 saturated carbocycles. The van der Waals surface area contributed by atoms with Gasteiger partial charge in [0.2, 0.25) is 0 Å². The van der Waals surface area contributed by atoms with Crippen LogP contribution in [0.1, 0.15) is 19.5 Å². The lowest BCUT2D eigenvalue weighted by Gasteiger charge is -2.20. The summed E-state index contributed by atoms with van der Waals surface area (Å²) in [4.78, 5) is 2.37. The molecule has 0 aliphatic carbocycles. The summed E-state index contributed by atoms with van der Waals surface area (Å²) in [5, 5.41) is 1.18. The van der Waals surface area contributed by atoms with Crippen molar-refractivity contribution in [2.75, 3.05) is 13.1 Å². The molecule has 0 amide bonds. The second kappa shape index (κ2) is 6.47. The van der Waals surface area contributed by atoms with Crippen molar-refractivity contribution in [2.24, 2.45) is 0 Å². The fourth-order valence-electron chi connectivity index (χ4n) is 2.13. The third-order valence-electron chi connectivity index (χ3n) is 3.30. The Bertz CT molecular complexity index is 545. The molecule has 1 aromatic heterocycles. The Morgan fingerprint density at radius 1 is 1.05 bits per heavy atom. The molecule has 0 bridgehead atoms. The van der Waals surface area contributed by atoms with Crippen molar-refractivity contribution in [1.82, 2.24) is 9.47 Å². The van der Waals surface area contributed by atoms with Crippen molar-refractivity contribution in [3.8, 4) is 5.69 Å². The van der Waals surface area contributed by atoms with Gasteiger partial charge in [-0.1, -0.05) is 43.1 Å². The van der Waals surface area contributed by atoms with E-state index < -0.39 is 0 Å². The number of aromatic nitrogens is 1. The van der Waals surface area contributed by atoms with E-state index >= 15 is 0 Å². The van der Waals surface area contributed by atoms with E-state index in [9.17, 15) is 0 Å². The van der Waals surface area contributed by atoms with Gasteiger partial charge in [-0.2, -0.15) is 0 Å². The van der Waals surface area contributed by atoms with Crippen molar-refractivity contribution in [3.63, 3.8) is 0 Å². The summed E-state index contributed by atoms with van der Waals surface area (Å²) < 4.78 is 2.10. The fourth-order valence-corrected chi connectivity index (χ4v) is 2.52. The zero-order chi connectivity index (χ0) is 13.8. The monoisotopic (exact) mass is 296 g/mol. The van der Waals surface area contributed by atoms with E-state index in [1.807, 2.05) is 24.4 Å². The van der Waals surface area contributed by atoms with Crippen LogP contribution >= 0.6 is 23.2 Å². The molecule has 102 valence electrons. The van der Waals surface area contributed by atoms with Gasteiger partial charge in [0.15, 0.2) is 0 Å². The van der Waals surface area contributed by atoms with E-state index in [0.29, 0.717) is 10.0 Å². The molecular weight excluding hydrogens is 279 g/mol. The van der Waals surface area contributed by atoms with Gasteiger partial charge in [0.1, 0.15) is 0 Å². The number of hydrogen-bond donors (Lipinski definition) is 0. The highest BCUT2D eigenvalue weighted by molar-refractivity contribution is 6.43. The van der Waals surface area contributed by atoms with Crippen LogP contribution in [0.5, 0.6) is 0 Å². The molecule has 2 aromatic rings. The molecule has 0 spiro atoms. The summed E-state index contributed by atoms with van der Waals surface area (Å²) in [5.74, 6) is 0. The smallest absolute Gasteiger partial charge is 0.0832 e. The molecule has 0 saturated heterocycles. The first kappa shape index (κ1) is 14.4. The summed E-state index contributed by atoms with van der Waals surface area (Å²) >= 11 is 12.4. The highest BCUT2D eigenvalue weighted by atomic mass is 35.5. The molecule has 19 heavy (non-hydrogen) atoms. The second-order valence-corrected chi connectivity index (χ2v) is 5.19. The second-order valence-electron chi connectivity index (χ2n) is 4.40. The molecule has 2 rings (SSSR count). The minimum Gasteiger partial charge on any atom is -0.318 e. The summed E-state index contributed by atoms with van der Waals surface area (Å²) in [6.07, 6.45) is 2.02. The maximum Gasteiger partial charge on any atom is 0.0832 e. The van der Waals surface area contributed by atoms with Crippen LogP contribution in [0.15, 0.2) is 36.5 Å². The quantitative estimate of drug-likeness (QED) is 0.781. The summed E-state index contributed by atoms with van der Waals surface area (Å²) in [7, 11) is 0. The average molecular weight is 297 g/mol. The lowest BCUT2D eigenvalue weighted by Crippen LogP contribution is -2.23. The first-order chi connectivity index (χ1) is 9.17. The number of halogens is 2. The molecule has 2 nitrogen and oxygen atoms in total. The van der Waals surface area contributed by atoms with E-state index in [-0.39, 0.29) is 0 Å². The minimum atomic E-state index is 0.585. The van der Waals surface area contributed by atoms with Gasteiger partial charge in [-0.25, -0.2) is 0 Å². The van der Waals surface area contributed by atoms with Crippen molar-refractivity contribution in [3.05, 3.63) is 52.3 Å².